The molecule has 1 aliphatic rings. The highest BCUT2D eigenvalue weighted by Crippen LogP contribution is 2.30. The van der Waals surface area contributed by atoms with Gasteiger partial charge in [-0.15, -0.1) is 10.2 Å². The molecule has 4 aromatic heterocycles. The van der Waals surface area contributed by atoms with Crippen LogP contribution in [0.1, 0.15) is 30.4 Å². The minimum absolute atomic E-state index is 0.301. The summed E-state index contributed by atoms with van der Waals surface area (Å²) in [6.07, 6.45) is 9.10. The van der Waals surface area contributed by atoms with Gasteiger partial charge in [-0.1, -0.05) is 0 Å². The van der Waals surface area contributed by atoms with Crippen molar-refractivity contribution >= 4 is 17.0 Å². The Morgan fingerprint density at radius 3 is 3.07 bits per heavy atom. The van der Waals surface area contributed by atoms with Crippen LogP contribution in [0.25, 0.3) is 11.2 Å². The average Bonchev–Trinajstić information content (AvgIpc) is 3.44. The van der Waals surface area contributed by atoms with E-state index in [9.17, 15) is 0 Å². The van der Waals surface area contributed by atoms with Gasteiger partial charge in [0.25, 0.3) is 0 Å². The standard InChI is InChI=1S/C17H20N10/c1-25-13(9-27-7-3-5-22-27)23-24-16(25)12-4-2-6-26(8-12)17-14-15(19-10-18-14)20-11-21-17/h3,5,7,10-12H,2,4,6,8-9H2,1H3,(H,18,19,20,21)/t12-/m0/s1. The van der Waals surface area contributed by atoms with Crippen molar-refractivity contribution in [1.29, 1.82) is 0 Å². The summed E-state index contributed by atoms with van der Waals surface area (Å²) < 4.78 is 3.96. The molecular formula is C17H20N10. The molecule has 0 amide bonds. The maximum Gasteiger partial charge on any atom is 0.182 e. The van der Waals surface area contributed by atoms with E-state index in [1.807, 2.05) is 24.0 Å². The molecule has 10 heteroatoms. The first-order chi connectivity index (χ1) is 13.3. The van der Waals surface area contributed by atoms with Gasteiger partial charge in [0.15, 0.2) is 17.3 Å². The van der Waals surface area contributed by atoms with Crippen molar-refractivity contribution in [2.75, 3.05) is 18.0 Å². The Hall–Kier alpha value is -3.30. The smallest absolute Gasteiger partial charge is 0.182 e. The van der Waals surface area contributed by atoms with Crippen LogP contribution in [-0.2, 0) is 13.6 Å². The van der Waals surface area contributed by atoms with Gasteiger partial charge in [0, 0.05) is 38.4 Å². The van der Waals surface area contributed by atoms with Crippen LogP contribution in [0.5, 0.6) is 0 Å². The summed E-state index contributed by atoms with van der Waals surface area (Å²) in [4.78, 5) is 18.4. The van der Waals surface area contributed by atoms with Crippen molar-refractivity contribution in [3.8, 4) is 0 Å². The lowest BCUT2D eigenvalue weighted by atomic mass is 9.97. The van der Waals surface area contributed by atoms with Crippen molar-refractivity contribution in [3.63, 3.8) is 0 Å². The van der Waals surface area contributed by atoms with Crippen LogP contribution in [0, 0.1) is 0 Å². The number of H-pyrrole nitrogens is 1. The molecule has 5 heterocycles. The number of hydrogen-bond acceptors (Lipinski definition) is 7. The second-order valence-corrected chi connectivity index (χ2v) is 6.82. The Morgan fingerprint density at radius 2 is 2.19 bits per heavy atom. The monoisotopic (exact) mass is 364 g/mol. The molecule has 138 valence electrons. The third-order valence-electron chi connectivity index (χ3n) is 5.15. The molecule has 27 heavy (non-hydrogen) atoms. The van der Waals surface area contributed by atoms with Gasteiger partial charge in [-0.25, -0.2) is 15.0 Å². The number of nitrogens with zero attached hydrogens (tertiary/aromatic N) is 9. The molecule has 1 saturated heterocycles. The van der Waals surface area contributed by atoms with Crippen molar-refractivity contribution in [2.45, 2.75) is 25.3 Å². The van der Waals surface area contributed by atoms with Crippen LogP contribution >= 0.6 is 0 Å². The SMILES string of the molecule is Cn1c(Cn2cccn2)nnc1[C@H]1CCCN(c2ncnc3nc[nH]c23)C1. The van der Waals surface area contributed by atoms with E-state index < -0.39 is 0 Å². The highest BCUT2D eigenvalue weighted by atomic mass is 15.3. The predicted molar refractivity (Wildman–Crippen MR) is 98.2 cm³/mol. The van der Waals surface area contributed by atoms with Crippen LogP contribution in [0.15, 0.2) is 31.1 Å². The van der Waals surface area contributed by atoms with Gasteiger partial charge in [0.05, 0.1) is 6.33 Å². The van der Waals surface area contributed by atoms with Gasteiger partial charge in [0.1, 0.15) is 24.2 Å². The summed E-state index contributed by atoms with van der Waals surface area (Å²) in [6, 6.07) is 1.91. The number of fused-ring (bicyclic) bond motifs is 1. The normalized spacial score (nSPS) is 17.7. The van der Waals surface area contributed by atoms with Gasteiger partial charge in [-0.2, -0.15) is 5.10 Å². The number of rotatable bonds is 4. The van der Waals surface area contributed by atoms with Gasteiger partial charge >= 0.3 is 0 Å². The molecule has 0 spiro atoms. The van der Waals surface area contributed by atoms with E-state index in [2.05, 4.69) is 44.7 Å². The van der Waals surface area contributed by atoms with Gasteiger partial charge in [0.2, 0.25) is 0 Å². The van der Waals surface area contributed by atoms with Crippen LogP contribution in [0.4, 0.5) is 5.82 Å². The zero-order valence-corrected chi connectivity index (χ0v) is 15.0. The largest absolute Gasteiger partial charge is 0.354 e. The molecule has 0 radical (unpaired) electrons. The molecule has 0 saturated carbocycles. The lowest BCUT2D eigenvalue weighted by Gasteiger charge is -2.33. The Kier molecular flexibility index (Phi) is 3.80. The fourth-order valence-corrected chi connectivity index (χ4v) is 3.78. The summed E-state index contributed by atoms with van der Waals surface area (Å²) in [5.41, 5.74) is 1.58. The van der Waals surface area contributed by atoms with E-state index in [0.717, 1.165) is 48.9 Å². The van der Waals surface area contributed by atoms with E-state index in [0.29, 0.717) is 18.1 Å². The summed E-state index contributed by atoms with van der Waals surface area (Å²) in [5, 5.41) is 13.1. The molecule has 1 N–H and O–H groups in total. The molecule has 0 aliphatic carbocycles. The molecule has 0 bridgehead atoms. The molecule has 1 aliphatic heterocycles. The number of imidazole rings is 1. The predicted octanol–water partition coefficient (Wildman–Crippen LogP) is 1.11. The van der Waals surface area contributed by atoms with Gasteiger partial charge < -0.3 is 14.5 Å². The fourth-order valence-electron chi connectivity index (χ4n) is 3.78. The zero-order valence-electron chi connectivity index (χ0n) is 15.0. The van der Waals surface area contributed by atoms with Crippen molar-refractivity contribution < 1.29 is 0 Å². The number of anilines is 1. The van der Waals surface area contributed by atoms with Crippen molar-refractivity contribution in [3.05, 3.63) is 42.8 Å². The first-order valence-electron chi connectivity index (χ1n) is 9.04. The van der Waals surface area contributed by atoms with E-state index in [4.69, 9.17) is 0 Å². The number of nitrogens with one attached hydrogen (secondary N) is 1. The van der Waals surface area contributed by atoms with E-state index in [-0.39, 0.29) is 0 Å². The summed E-state index contributed by atoms with van der Waals surface area (Å²) >= 11 is 0. The molecule has 0 unspecified atom stereocenters. The third kappa shape index (κ3) is 2.82. The minimum Gasteiger partial charge on any atom is -0.354 e. The summed E-state index contributed by atoms with van der Waals surface area (Å²) in [6.45, 7) is 2.42. The van der Waals surface area contributed by atoms with Crippen LogP contribution in [0.3, 0.4) is 0 Å². The molecule has 4 aromatic rings. The molecular weight excluding hydrogens is 344 g/mol. The number of aromatic amines is 1. The first kappa shape index (κ1) is 15.9. The van der Waals surface area contributed by atoms with Crippen LogP contribution in [0.2, 0.25) is 0 Å². The van der Waals surface area contributed by atoms with Crippen LogP contribution < -0.4 is 4.90 Å². The molecule has 5 rings (SSSR count). The average molecular weight is 364 g/mol. The highest BCUT2D eigenvalue weighted by molar-refractivity contribution is 5.82. The Labute approximate surface area is 155 Å². The molecule has 0 aromatic carbocycles. The minimum atomic E-state index is 0.301. The molecule has 10 nitrogen and oxygen atoms in total. The maximum absolute atomic E-state index is 4.50. The van der Waals surface area contributed by atoms with Crippen molar-refractivity contribution in [1.82, 2.24) is 44.5 Å². The lowest BCUT2D eigenvalue weighted by molar-refractivity contribution is 0.475. The summed E-state index contributed by atoms with van der Waals surface area (Å²) in [7, 11) is 2.03. The first-order valence-corrected chi connectivity index (χ1v) is 9.04. The molecule has 1 atom stereocenters. The molecule has 1 fully saturated rings. The van der Waals surface area contributed by atoms with Gasteiger partial charge in [-0.3, -0.25) is 4.68 Å². The van der Waals surface area contributed by atoms with E-state index in [1.165, 1.54) is 0 Å². The Balaban J connectivity index is 1.40. The highest BCUT2D eigenvalue weighted by Gasteiger charge is 2.28. The lowest BCUT2D eigenvalue weighted by Crippen LogP contribution is -2.36. The number of hydrogen-bond donors (Lipinski definition) is 1. The van der Waals surface area contributed by atoms with E-state index in [1.54, 1.807) is 18.9 Å². The number of piperidine rings is 1. The van der Waals surface area contributed by atoms with Gasteiger partial charge in [-0.05, 0) is 18.9 Å². The fraction of sp³-hybridized carbons (Fsp3) is 0.412. The zero-order chi connectivity index (χ0) is 18.2. The summed E-state index contributed by atoms with van der Waals surface area (Å²) in [5.74, 6) is 3.12. The van der Waals surface area contributed by atoms with E-state index >= 15 is 0 Å². The quantitative estimate of drug-likeness (QED) is 0.578. The third-order valence-corrected chi connectivity index (χ3v) is 5.15. The second-order valence-electron chi connectivity index (χ2n) is 6.82. The Bertz CT molecular complexity index is 1050. The van der Waals surface area contributed by atoms with Crippen LogP contribution in [-0.4, -0.2) is 57.6 Å². The number of aromatic nitrogens is 9. The topological polar surface area (TPSA) is 106 Å². The Morgan fingerprint density at radius 1 is 1.22 bits per heavy atom. The van der Waals surface area contributed by atoms with Crippen molar-refractivity contribution in [2.24, 2.45) is 7.05 Å². The second kappa shape index (κ2) is 6.45. The maximum atomic E-state index is 4.50.